The zero-order valence-electron chi connectivity index (χ0n) is 19.4. The van der Waals surface area contributed by atoms with Crippen LogP contribution in [0, 0.1) is 13.8 Å². The number of ether oxygens (including phenoxy) is 1. The molecule has 0 fully saturated rings. The van der Waals surface area contributed by atoms with Gasteiger partial charge < -0.3 is 15.4 Å². The highest BCUT2D eigenvalue weighted by atomic mass is 32.2. The first-order valence-corrected chi connectivity index (χ1v) is 11.9. The van der Waals surface area contributed by atoms with Crippen LogP contribution in [0.5, 0.6) is 5.75 Å². The highest BCUT2D eigenvalue weighted by Crippen LogP contribution is 2.27. The van der Waals surface area contributed by atoms with Crippen LogP contribution in [-0.2, 0) is 12.3 Å². The lowest BCUT2D eigenvalue weighted by Gasteiger charge is -2.12. The van der Waals surface area contributed by atoms with Crippen LogP contribution in [0.4, 0.5) is 10.5 Å². The first kappa shape index (κ1) is 23.4. The number of aromatic nitrogens is 3. The number of hydrogen-bond donors (Lipinski definition) is 2. The molecule has 0 unspecified atom stereocenters. The number of nitrogens with one attached hydrogen (secondary N) is 2. The third-order valence-corrected chi connectivity index (χ3v) is 6.30. The van der Waals surface area contributed by atoms with Gasteiger partial charge in [-0.3, -0.25) is 4.57 Å². The van der Waals surface area contributed by atoms with E-state index in [1.807, 2.05) is 85.1 Å². The average Bonchev–Trinajstić information content (AvgIpc) is 3.26. The van der Waals surface area contributed by atoms with E-state index < -0.39 is 0 Å². The molecule has 8 heteroatoms. The molecule has 4 aromatic rings. The van der Waals surface area contributed by atoms with Crippen molar-refractivity contribution in [3.63, 3.8) is 0 Å². The third-order valence-electron chi connectivity index (χ3n) is 5.29. The van der Waals surface area contributed by atoms with Crippen molar-refractivity contribution in [1.82, 2.24) is 20.1 Å². The Balaban J connectivity index is 1.52. The number of amides is 2. The van der Waals surface area contributed by atoms with E-state index in [1.54, 1.807) is 18.9 Å². The molecule has 0 bridgehead atoms. The maximum absolute atomic E-state index is 12.5. The molecule has 2 amide bonds. The second kappa shape index (κ2) is 10.9. The van der Waals surface area contributed by atoms with Gasteiger partial charge in [-0.15, -0.1) is 10.2 Å². The van der Waals surface area contributed by atoms with Crippen LogP contribution in [0.25, 0.3) is 5.69 Å². The Morgan fingerprint density at radius 2 is 1.79 bits per heavy atom. The second-order valence-electron chi connectivity index (χ2n) is 7.83. The Bertz CT molecular complexity index is 1270. The maximum Gasteiger partial charge on any atom is 0.319 e. The van der Waals surface area contributed by atoms with Gasteiger partial charge in [0.15, 0.2) is 11.0 Å². The van der Waals surface area contributed by atoms with Gasteiger partial charge in [-0.1, -0.05) is 59.8 Å². The zero-order chi connectivity index (χ0) is 23.9. The lowest BCUT2D eigenvalue weighted by molar-refractivity contribution is 0.251. The van der Waals surface area contributed by atoms with Gasteiger partial charge in [-0.25, -0.2) is 4.79 Å². The molecule has 0 radical (unpaired) electrons. The van der Waals surface area contributed by atoms with E-state index in [1.165, 1.54) is 5.56 Å². The van der Waals surface area contributed by atoms with E-state index >= 15 is 0 Å². The summed E-state index contributed by atoms with van der Waals surface area (Å²) in [6.07, 6.45) is 0. The molecular weight excluding hydrogens is 446 g/mol. The fraction of sp³-hybridized carbons (Fsp3) is 0.192. The van der Waals surface area contributed by atoms with Gasteiger partial charge in [0.05, 0.1) is 13.7 Å². The fourth-order valence-corrected chi connectivity index (χ4v) is 4.32. The molecular formula is C26H27N5O2S. The van der Waals surface area contributed by atoms with E-state index in [4.69, 9.17) is 4.74 Å². The van der Waals surface area contributed by atoms with Crippen LogP contribution in [0.15, 0.2) is 78.0 Å². The smallest absolute Gasteiger partial charge is 0.319 e. The summed E-state index contributed by atoms with van der Waals surface area (Å²) in [6, 6.07) is 23.5. The largest absolute Gasteiger partial charge is 0.497 e. The van der Waals surface area contributed by atoms with Gasteiger partial charge in [-0.05, 0) is 55.3 Å². The summed E-state index contributed by atoms with van der Waals surface area (Å²) in [5.41, 5.74) is 5.01. The molecule has 0 atom stereocenters. The molecule has 3 aromatic carbocycles. The first-order valence-electron chi connectivity index (χ1n) is 10.9. The highest BCUT2D eigenvalue weighted by Gasteiger charge is 2.16. The number of thioether (sulfide) groups is 1. The van der Waals surface area contributed by atoms with Gasteiger partial charge in [-0.2, -0.15) is 0 Å². The molecule has 0 saturated carbocycles. The number of benzene rings is 3. The number of hydrogen-bond acceptors (Lipinski definition) is 5. The van der Waals surface area contributed by atoms with Crippen LogP contribution in [0.2, 0.25) is 0 Å². The van der Waals surface area contributed by atoms with Crippen molar-refractivity contribution >= 4 is 23.5 Å². The van der Waals surface area contributed by atoms with E-state index in [0.29, 0.717) is 11.6 Å². The minimum absolute atomic E-state index is 0.234. The average molecular weight is 474 g/mol. The molecule has 0 aliphatic rings. The Morgan fingerprint density at radius 1 is 1.00 bits per heavy atom. The third kappa shape index (κ3) is 5.77. The number of carbonyl (C=O) groups is 1. The fourth-order valence-electron chi connectivity index (χ4n) is 3.41. The number of aryl methyl sites for hydroxylation is 2. The lowest BCUT2D eigenvalue weighted by atomic mass is 10.2. The second-order valence-corrected chi connectivity index (χ2v) is 8.78. The molecule has 0 aliphatic heterocycles. The molecule has 0 aliphatic carbocycles. The number of para-hydroxylation sites is 1. The predicted octanol–water partition coefficient (Wildman–Crippen LogP) is 5.51. The van der Waals surface area contributed by atoms with E-state index in [9.17, 15) is 4.79 Å². The normalized spacial score (nSPS) is 10.7. The summed E-state index contributed by atoms with van der Waals surface area (Å²) in [5, 5.41) is 15.3. The summed E-state index contributed by atoms with van der Waals surface area (Å²) in [6.45, 7) is 4.24. The zero-order valence-corrected chi connectivity index (χ0v) is 20.2. The van der Waals surface area contributed by atoms with Crippen LogP contribution in [0.1, 0.15) is 22.5 Å². The summed E-state index contributed by atoms with van der Waals surface area (Å²) in [5.74, 6) is 2.18. The lowest BCUT2D eigenvalue weighted by Crippen LogP contribution is -2.29. The van der Waals surface area contributed by atoms with Crippen molar-refractivity contribution in [3.8, 4) is 11.4 Å². The van der Waals surface area contributed by atoms with Crippen LogP contribution < -0.4 is 15.4 Å². The van der Waals surface area contributed by atoms with Crippen molar-refractivity contribution in [2.45, 2.75) is 31.3 Å². The van der Waals surface area contributed by atoms with Crippen molar-refractivity contribution in [1.29, 1.82) is 0 Å². The number of urea groups is 1. The number of methoxy groups -OCH3 is 1. The van der Waals surface area contributed by atoms with Crippen molar-refractivity contribution in [2.75, 3.05) is 12.4 Å². The van der Waals surface area contributed by atoms with Crippen LogP contribution >= 0.6 is 11.8 Å². The summed E-state index contributed by atoms with van der Waals surface area (Å²) < 4.78 is 7.32. The number of anilines is 1. The first-order chi connectivity index (χ1) is 16.5. The van der Waals surface area contributed by atoms with Gasteiger partial charge >= 0.3 is 6.03 Å². The minimum Gasteiger partial charge on any atom is -0.497 e. The van der Waals surface area contributed by atoms with Crippen LogP contribution in [0.3, 0.4) is 0 Å². The standard InChI is InChI=1S/C26H27N5O2S/c1-18-11-13-21(14-12-18)31-24(16-27-25(32)28-23-10-5-4-7-19(23)2)29-30-26(31)34-17-20-8-6-9-22(15-20)33-3/h4-15H,16-17H2,1-3H3,(H2,27,28,32). The van der Waals surface area contributed by atoms with Gasteiger partial charge in [0.2, 0.25) is 0 Å². The minimum atomic E-state index is -0.293. The summed E-state index contributed by atoms with van der Waals surface area (Å²) in [4.78, 5) is 12.5. The highest BCUT2D eigenvalue weighted by molar-refractivity contribution is 7.98. The van der Waals surface area contributed by atoms with Crippen molar-refractivity contribution in [2.24, 2.45) is 0 Å². The molecule has 0 spiro atoms. The SMILES string of the molecule is COc1cccc(CSc2nnc(CNC(=O)Nc3ccccc3C)n2-c2ccc(C)cc2)c1. The molecule has 0 saturated heterocycles. The monoisotopic (exact) mass is 473 g/mol. The van der Waals surface area contributed by atoms with E-state index in [-0.39, 0.29) is 12.6 Å². The number of rotatable bonds is 8. The van der Waals surface area contributed by atoms with Gasteiger partial charge in [0, 0.05) is 17.1 Å². The van der Waals surface area contributed by atoms with E-state index in [2.05, 4.69) is 26.9 Å². The molecule has 34 heavy (non-hydrogen) atoms. The number of nitrogens with zero attached hydrogens (tertiary/aromatic N) is 3. The number of carbonyl (C=O) groups excluding carboxylic acids is 1. The van der Waals surface area contributed by atoms with Gasteiger partial charge in [0.25, 0.3) is 0 Å². The quantitative estimate of drug-likeness (QED) is 0.330. The predicted molar refractivity (Wildman–Crippen MR) is 136 cm³/mol. The van der Waals surface area contributed by atoms with E-state index in [0.717, 1.165) is 33.4 Å². The van der Waals surface area contributed by atoms with Gasteiger partial charge in [0.1, 0.15) is 5.75 Å². The van der Waals surface area contributed by atoms with Crippen LogP contribution in [-0.4, -0.2) is 27.9 Å². The summed E-state index contributed by atoms with van der Waals surface area (Å²) >= 11 is 1.58. The molecule has 174 valence electrons. The van der Waals surface area contributed by atoms with Crippen molar-refractivity contribution in [3.05, 3.63) is 95.3 Å². The molecule has 1 aromatic heterocycles. The maximum atomic E-state index is 12.5. The Hall–Kier alpha value is -3.78. The Kier molecular flexibility index (Phi) is 7.49. The van der Waals surface area contributed by atoms with Crippen molar-refractivity contribution < 1.29 is 9.53 Å². The Morgan fingerprint density at radius 3 is 2.56 bits per heavy atom. The summed E-state index contributed by atoms with van der Waals surface area (Å²) in [7, 11) is 1.66. The molecule has 7 nitrogen and oxygen atoms in total. The Labute approximate surface area is 203 Å². The molecule has 4 rings (SSSR count). The molecule has 1 heterocycles. The topological polar surface area (TPSA) is 81.1 Å². The molecule has 2 N–H and O–H groups in total.